The first-order valence-corrected chi connectivity index (χ1v) is 7.06. The van der Waals surface area contributed by atoms with Gasteiger partial charge in [-0.25, -0.2) is 4.79 Å². The summed E-state index contributed by atoms with van der Waals surface area (Å²) in [5, 5.41) is 0. The number of anilines is 1. The largest absolute Gasteiger partial charge is 0.419 e. The zero-order chi connectivity index (χ0) is 15.1. The van der Waals surface area contributed by atoms with E-state index in [-0.39, 0.29) is 18.5 Å². The first kappa shape index (κ1) is 13.7. The topological polar surface area (TPSA) is 55.5 Å². The van der Waals surface area contributed by atoms with Gasteiger partial charge in [-0.3, -0.25) is 9.36 Å². The van der Waals surface area contributed by atoms with Crippen LogP contribution in [0.25, 0.3) is 0 Å². The van der Waals surface area contributed by atoms with Gasteiger partial charge in [-0.15, -0.1) is 0 Å². The smallest absolute Gasteiger partial charge is 0.413 e. The molecular formula is C16H18N2O3. The molecule has 0 saturated carbocycles. The van der Waals surface area contributed by atoms with E-state index in [0.29, 0.717) is 11.5 Å². The number of hydrogen-bond donors (Lipinski definition) is 0. The molecule has 5 heteroatoms. The Morgan fingerprint density at radius 2 is 2.05 bits per heavy atom. The van der Waals surface area contributed by atoms with Crippen LogP contribution in [0.2, 0.25) is 0 Å². The van der Waals surface area contributed by atoms with Crippen molar-refractivity contribution in [1.29, 1.82) is 0 Å². The molecular weight excluding hydrogens is 268 g/mol. The Bertz CT molecular complexity index is 757. The van der Waals surface area contributed by atoms with E-state index in [1.165, 1.54) is 10.1 Å². The summed E-state index contributed by atoms with van der Waals surface area (Å²) < 4.78 is 6.44. The second-order valence-corrected chi connectivity index (χ2v) is 5.54. The molecule has 3 rings (SSSR count). The molecule has 5 nitrogen and oxygen atoms in total. The lowest BCUT2D eigenvalue weighted by molar-refractivity contribution is -0.119. The Morgan fingerprint density at radius 1 is 1.33 bits per heavy atom. The van der Waals surface area contributed by atoms with Crippen LogP contribution >= 0.6 is 0 Å². The van der Waals surface area contributed by atoms with Crippen molar-refractivity contribution in [2.45, 2.75) is 39.8 Å². The van der Waals surface area contributed by atoms with Crippen molar-refractivity contribution in [3.63, 3.8) is 0 Å². The van der Waals surface area contributed by atoms with Gasteiger partial charge in [0.15, 0.2) is 0 Å². The van der Waals surface area contributed by atoms with Gasteiger partial charge in [-0.1, -0.05) is 18.2 Å². The van der Waals surface area contributed by atoms with Gasteiger partial charge in [0, 0.05) is 11.7 Å². The second kappa shape index (κ2) is 4.91. The number of amides is 1. The van der Waals surface area contributed by atoms with Gasteiger partial charge in [-0.05, 0) is 38.8 Å². The summed E-state index contributed by atoms with van der Waals surface area (Å²) in [6.07, 6.45) is 0.847. The van der Waals surface area contributed by atoms with Crippen LogP contribution in [0.4, 0.5) is 5.69 Å². The maximum absolute atomic E-state index is 12.6. The molecule has 0 radical (unpaired) electrons. The Hall–Kier alpha value is -2.30. The number of aromatic nitrogens is 1. The number of benzene rings is 1. The first-order valence-electron chi connectivity index (χ1n) is 7.06. The SMILES string of the molecule is Cc1oc(=O)n(CC(=O)N2c3ccccc3C[C@H]2C)c1C. The van der Waals surface area contributed by atoms with Gasteiger partial charge < -0.3 is 9.32 Å². The monoisotopic (exact) mass is 286 g/mol. The molecule has 1 amide bonds. The Kier molecular flexibility index (Phi) is 3.20. The summed E-state index contributed by atoms with van der Waals surface area (Å²) in [7, 11) is 0. The maximum Gasteiger partial charge on any atom is 0.419 e. The molecule has 0 N–H and O–H groups in total. The van der Waals surface area contributed by atoms with Crippen LogP contribution in [0.15, 0.2) is 33.5 Å². The molecule has 0 fully saturated rings. The van der Waals surface area contributed by atoms with Crippen LogP contribution in [0.5, 0.6) is 0 Å². The van der Waals surface area contributed by atoms with Crippen molar-refractivity contribution in [3.05, 3.63) is 51.8 Å². The van der Waals surface area contributed by atoms with E-state index in [1.54, 1.807) is 18.7 Å². The minimum absolute atomic E-state index is 0.0146. The maximum atomic E-state index is 12.6. The number of oxazole rings is 1. The number of carbonyl (C=O) groups is 1. The van der Waals surface area contributed by atoms with Crippen LogP contribution in [0.1, 0.15) is 23.9 Å². The summed E-state index contributed by atoms with van der Waals surface area (Å²) in [5.41, 5.74) is 2.82. The third-order valence-electron chi connectivity index (χ3n) is 4.14. The van der Waals surface area contributed by atoms with Crippen LogP contribution in [-0.4, -0.2) is 16.5 Å². The molecule has 0 unspecified atom stereocenters. The number of rotatable bonds is 2. The van der Waals surface area contributed by atoms with E-state index in [1.807, 2.05) is 31.2 Å². The van der Waals surface area contributed by atoms with Gasteiger partial charge in [0.2, 0.25) is 5.91 Å². The first-order chi connectivity index (χ1) is 9.99. The highest BCUT2D eigenvalue weighted by Crippen LogP contribution is 2.31. The van der Waals surface area contributed by atoms with Crippen LogP contribution < -0.4 is 10.7 Å². The zero-order valence-corrected chi connectivity index (χ0v) is 12.4. The van der Waals surface area contributed by atoms with E-state index in [0.717, 1.165) is 12.1 Å². The van der Waals surface area contributed by atoms with Crippen molar-refractivity contribution >= 4 is 11.6 Å². The molecule has 110 valence electrons. The molecule has 1 aliphatic heterocycles. The van der Waals surface area contributed by atoms with Crippen molar-refractivity contribution in [2.24, 2.45) is 0 Å². The number of nitrogens with zero attached hydrogens (tertiary/aromatic N) is 2. The number of carbonyl (C=O) groups excluding carboxylic acids is 1. The quantitative estimate of drug-likeness (QED) is 0.849. The van der Waals surface area contributed by atoms with E-state index >= 15 is 0 Å². The van der Waals surface area contributed by atoms with E-state index in [4.69, 9.17) is 4.42 Å². The normalized spacial score (nSPS) is 17.1. The lowest BCUT2D eigenvalue weighted by atomic mass is 10.1. The summed E-state index contributed by atoms with van der Waals surface area (Å²) in [6, 6.07) is 8.01. The van der Waals surface area contributed by atoms with Gasteiger partial charge in [0.1, 0.15) is 12.3 Å². The molecule has 1 aromatic carbocycles. The molecule has 1 atom stereocenters. The average molecular weight is 286 g/mol. The van der Waals surface area contributed by atoms with Crippen molar-refractivity contribution in [2.75, 3.05) is 4.90 Å². The van der Waals surface area contributed by atoms with Crippen molar-refractivity contribution in [1.82, 2.24) is 4.57 Å². The average Bonchev–Trinajstić information content (AvgIpc) is 2.89. The third-order valence-corrected chi connectivity index (χ3v) is 4.14. The summed E-state index contributed by atoms with van der Waals surface area (Å²) in [6.45, 7) is 5.55. The molecule has 21 heavy (non-hydrogen) atoms. The van der Waals surface area contributed by atoms with Gasteiger partial charge >= 0.3 is 5.76 Å². The Morgan fingerprint density at radius 3 is 2.71 bits per heavy atom. The molecule has 1 aliphatic rings. The van der Waals surface area contributed by atoms with Gasteiger partial charge in [0.25, 0.3) is 0 Å². The highest BCUT2D eigenvalue weighted by atomic mass is 16.4. The zero-order valence-electron chi connectivity index (χ0n) is 12.4. The highest BCUT2D eigenvalue weighted by Gasteiger charge is 2.31. The molecule has 0 spiro atoms. The van der Waals surface area contributed by atoms with Crippen LogP contribution in [-0.2, 0) is 17.8 Å². The van der Waals surface area contributed by atoms with Crippen LogP contribution in [0, 0.1) is 13.8 Å². The van der Waals surface area contributed by atoms with E-state index < -0.39 is 5.76 Å². The molecule has 2 heterocycles. The predicted octanol–water partition coefficient (Wildman–Crippen LogP) is 2.04. The lowest BCUT2D eigenvalue weighted by Crippen LogP contribution is -2.39. The van der Waals surface area contributed by atoms with Gasteiger partial charge in [0.05, 0.1) is 5.69 Å². The molecule has 0 bridgehead atoms. The fourth-order valence-corrected chi connectivity index (χ4v) is 2.93. The van der Waals surface area contributed by atoms with E-state index in [2.05, 4.69) is 0 Å². The lowest BCUT2D eigenvalue weighted by Gasteiger charge is -2.22. The fraction of sp³-hybridized carbons (Fsp3) is 0.375. The van der Waals surface area contributed by atoms with Crippen molar-refractivity contribution < 1.29 is 9.21 Å². The second-order valence-electron chi connectivity index (χ2n) is 5.54. The molecule has 0 aliphatic carbocycles. The van der Waals surface area contributed by atoms with Gasteiger partial charge in [-0.2, -0.15) is 0 Å². The molecule has 1 aromatic heterocycles. The third kappa shape index (κ3) is 2.18. The van der Waals surface area contributed by atoms with Crippen LogP contribution in [0.3, 0.4) is 0 Å². The Labute approximate surface area is 122 Å². The fourth-order valence-electron chi connectivity index (χ4n) is 2.93. The Balaban J connectivity index is 1.91. The number of para-hydroxylation sites is 1. The number of hydrogen-bond acceptors (Lipinski definition) is 3. The molecule has 0 saturated heterocycles. The highest BCUT2D eigenvalue weighted by molar-refractivity contribution is 5.96. The molecule has 2 aromatic rings. The predicted molar refractivity (Wildman–Crippen MR) is 79.5 cm³/mol. The minimum Gasteiger partial charge on any atom is -0.413 e. The number of aryl methyl sites for hydroxylation is 1. The number of fused-ring (bicyclic) bond motifs is 1. The standard InChI is InChI=1S/C16H18N2O3/c1-10-8-13-6-4-5-7-14(13)18(10)15(19)9-17-11(2)12(3)21-16(17)20/h4-7,10H,8-9H2,1-3H3/t10-/m1/s1. The summed E-state index contributed by atoms with van der Waals surface area (Å²) >= 11 is 0. The summed E-state index contributed by atoms with van der Waals surface area (Å²) in [5.74, 6) is -0.000365. The van der Waals surface area contributed by atoms with Crippen molar-refractivity contribution in [3.8, 4) is 0 Å². The van der Waals surface area contributed by atoms with E-state index in [9.17, 15) is 9.59 Å². The minimum atomic E-state index is -0.474. The summed E-state index contributed by atoms with van der Waals surface area (Å²) in [4.78, 5) is 26.2.